The molecule has 11 heteroatoms. The van der Waals surface area contributed by atoms with Crippen molar-refractivity contribution >= 4 is 44.1 Å². The molecule has 0 aromatic heterocycles. The molecule has 0 spiro atoms. The lowest BCUT2D eigenvalue weighted by Gasteiger charge is -2.44. The lowest BCUT2D eigenvalue weighted by atomic mass is 10.0. The first-order valence-corrected chi connectivity index (χ1v) is 13.4. The van der Waals surface area contributed by atoms with Crippen LogP contribution in [-0.2, 0) is 28.5 Å². The second-order valence-corrected chi connectivity index (χ2v) is 14.3. The van der Waals surface area contributed by atoms with Crippen molar-refractivity contribution < 1.29 is 28.5 Å². The van der Waals surface area contributed by atoms with Gasteiger partial charge in [-0.3, -0.25) is 9.59 Å². The number of fused-ring (bicyclic) bond motifs is 1. The van der Waals surface area contributed by atoms with E-state index in [1.807, 2.05) is 11.6 Å². The number of amides is 2. The maximum absolute atomic E-state index is 12.6. The Labute approximate surface area is 181 Å². The number of nitrogens with zero attached hydrogens (tertiary/aromatic N) is 2. The molecule has 2 aliphatic heterocycles. The zero-order valence-electron chi connectivity index (χ0n) is 18.2. The number of allylic oxidation sites excluding steroid dienone is 1. The monoisotopic (exact) mass is 455 g/mol. The number of β-lactam (4-membered cyclic amide) rings is 1. The summed E-state index contributed by atoms with van der Waals surface area (Å²) in [5.74, 6) is -1.04. The van der Waals surface area contributed by atoms with Crippen LogP contribution in [0.2, 0.25) is 18.1 Å². The van der Waals surface area contributed by atoms with Crippen LogP contribution in [0.25, 0.3) is 0 Å². The minimum atomic E-state index is -1.89. The molecular formula is C19H29N3O6SSi. The van der Waals surface area contributed by atoms with E-state index in [0.29, 0.717) is 23.7 Å². The van der Waals surface area contributed by atoms with Gasteiger partial charge in [-0.25, -0.2) is 4.79 Å². The number of oxime groups is 1. The van der Waals surface area contributed by atoms with Crippen molar-refractivity contribution in [2.75, 3.05) is 19.5 Å². The molecule has 0 aromatic carbocycles. The van der Waals surface area contributed by atoms with Crippen LogP contribution in [0.3, 0.4) is 0 Å². The Morgan fingerprint density at radius 1 is 1.37 bits per heavy atom. The minimum Gasteiger partial charge on any atom is -0.413 e. The molecule has 1 N–H and O–H groups in total. The van der Waals surface area contributed by atoms with Crippen molar-refractivity contribution in [1.82, 2.24) is 10.4 Å². The second kappa shape index (κ2) is 9.80. The third-order valence-electron chi connectivity index (χ3n) is 5.28. The number of carbonyl (C=O) groups excluding carboxylic acids is 3. The zero-order chi connectivity index (χ0) is 22.5. The van der Waals surface area contributed by atoms with Gasteiger partial charge in [-0.05, 0) is 24.2 Å². The molecule has 1 fully saturated rings. The van der Waals surface area contributed by atoms with Crippen molar-refractivity contribution in [1.29, 1.82) is 0 Å². The highest BCUT2D eigenvalue weighted by atomic mass is 32.2. The molecule has 2 aliphatic rings. The topological polar surface area (TPSA) is 107 Å². The second-order valence-electron chi connectivity index (χ2n) is 8.39. The van der Waals surface area contributed by atoms with Gasteiger partial charge in [-0.15, -0.1) is 11.8 Å². The van der Waals surface area contributed by atoms with E-state index in [2.05, 4.69) is 43.9 Å². The quantitative estimate of drug-likeness (QED) is 0.272. The van der Waals surface area contributed by atoms with E-state index in [9.17, 15) is 14.4 Å². The van der Waals surface area contributed by atoms with Crippen LogP contribution < -0.4 is 5.48 Å². The largest absolute Gasteiger partial charge is 0.413 e. The lowest BCUT2D eigenvalue weighted by molar-refractivity contribution is -0.158. The molecule has 1 saturated heterocycles. The van der Waals surface area contributed by atoms with Crippen LogP contribution >= 0.6 is 11.8 Å². The molecule has 0 bridgehead atoms. The number of thioether (sulfide) groups is 1. The Morgan fingerprint density at radius 3 is 2.67 bits per heavy atom. The molecule has 0 radical (unpaired) electrons. The minimum absolute atomic E-state index is 0.0450. The predicted molar refractivity (Wildman–Crippen MR) is 117 cm³/mol. The fourth-order valence-corrected chi connectivity index (χ4v) is 4.62. The highest BCUT2D eigenvalue weighted by Crippen LogP contribution is 2.40. The third-order valence-corrected chi connectivity index (χ3v) is 11.0. The Kier molecular flexibility index (Phi) is 7.89. The fraction of sp³-hybridized carbons (Fsp3) is 0.579. The van der Waals surface area contributed by atoms with Crippen molar-refractivity contribution in [2.24, 2.45) is 5.16 Å². The summed E-state index contributed by atoms with van der Waals surface area (Å²) in [7, 11) is -0.611. The molecule has 2 heterocycles. The highest BCUT2D eigenvalue weighted by Gasteiger charge is 2.45. The van der Waals surface area contributed by atoms with Gasteiger partial charge in [0.15, 0.2) is 8.32 Å². The summed E-state index contributed by atoms with van der Waals surface area (Å²) in [6.07, 6.45) is 4.82. The van der Waals surface area contributed by atoms with Gasteiger partial charge in [-0.2, -0.15) is 5.48 Å². The Balaban J connectivity index is 2.12. The van der Waals surface area contributed by atoms with E-state index < -0.39 is 20.2 Å². The normalized spacial score (nSPS) is 19.7. The maximum atomic E-state index is 12.6. The molecule has 0 aromatic rings. The number of hydrogen-bond donors (Lipinski definition) is 1. The maximum Gasteiger partial charge on any atom is 0.380 e. The van der Waals surface area contributed by atoms with Crippen molar-refractivity contribution in [3.05, 3.63) is 22.8 Å². The smallest absolute Gasteiger partial charge is 0.380 e. The van der Waals surface area contributed by atoms with Crippen molar-refractivity contribution in [3.8, 4) is 0 Å². The van der Waals surface area contributed by atoms with Crippen molar-refractivity contribution in [3.63, 3.8) is 0 Å². The van der Waals surface area contributed by atoms with E-state index in [1.165, 1.54) is 23.8 Å². The van der Waals surface area contributed by atoms with Crippen LogP contribution in [0, 0.1) is 0 Å². The van der Waals surface area contributed by atoms with Gasteiger partial charge in [0, 0.05) is 17.1 Å². The van der Waals surface area contributed by atoms with Gasteiger partial charge in [-0.1, -0.05) is 32.0 Å². The van der Waals surface area contributed by atoms with Crippen LogP contribution in [0.5, 0.6) is 0 Å². The fourth-order valence-electron chi connectivity index (χ4n) is 2.52. The first-order valence-electron chi connectivity index (χ1n) is 9.55. The van der Waals surface area contributed by atoms with Gasteiger partial charge >= 0.3 is 5.97 Å². The number of carbonyl (C=O) groups is 3. The molecule has 2 rings (SSSR count). The Morgan fingerprint density at radius 2 is 2.07 bits per heavy atom. The lowest BCUT2D eigenvalue weighted by Crippen LogP contribution is -2.56. The van der Waals surface area contributed by atoms with E-state index in [1.54, 1.807) is 6.08 Å². The third kappa shape index (κ3) is 5.73. The standard InChI is InChI=1S/C19H29N3O6SSi/c1-19(2,3)30(5,6)27-9-7-8-14-17(22-13(12-29-14)10-16(22)24)18(25)28-21-15(23)11-20-26-4/h7-8,11,13H,9-10,12H2,1-6H3,(H,21,23). The highest BCUT2D eigenvalue weighted by molar-refractivity contribution is 8.03. The molecule has 30 heavy (non-hydrogen) atoms. The zero-order valence-corrected chi connectivity index (χ0v) is 20.0. The van der Waals surface area contributed by atoms with Crippen molar-refractivity contribution in [2.45, 2.75) is 51.4 Å². The Hall–Kier alpha value is -2.11. The predicted octanol–water partition coefficient (Wildman–Crippen LogP) is 2.33. The summed E-state index contributed by atoms with van der Waals surface area (Å²) in [6.45, 7) is 11.2. The van der Waals surface area contributed by atoms with E-state index in [-0.39, 0.29) is 22.7 Å². The number of hydroxylamine groups is 1. The average molecular weight is 456 g/mol. The molecule has 2 amide bonds. The molecule has 9 nitrogen and oxygen atoms in total. The van der Waals surface area contributed by atoms with Gasteiger partial charge in [0.25, 0.3) is 5.91 Å². The summed E-state index contributed by atoms with van der Waals surface area (Å²) in [6, 6.07) is -0.0450. The summed E-state index contributed by atoms with van der Waals surface area (Å²) in [5.41, 5.74) is 2.10. The van der Waals surface area contributed by atoms with E-state index in [4.69, 9.17) is 9.26 Å². The summed E-state index contributed by atoms with van der Waals surface area (Å²) < 4.78 is 6.12. The van der Waals surface area contributed by atoms with Gasteiger partial charge in [0.1, 0.15) is 19.0 Å². The molecule has 1 unspecified atom stereocenters. The van der Waals surface area contributed by atoms with Crippen LogP contribution in [-0.4, -0.2) is 62.7 Å². The first kappa shape index (κ1) is 24.2. The average Bonchev–Trinajstić information content (AvgIpc) is 2.66. The van der Waals surface area contributed by atoms with Crippen LogP contribution in [0.15, 0.2) is 27.9 Å². The number of hydrogen-bond acceptors (Lipinski definition) is 8. The van der Waals surface area contributed by atoms with E-state index in [0.717, 1.165) is 6.21 Å². The van der Waals surface area contributed by atoms with E-state index >= 15 is 0 Å². The molecular weight excluding hydrogens is 426 g/mol. The Bertz CT molecular complexity index is 788. The molecule has 1 atom stereocenters. The molecule has 166 valence electrons. The molecule has 0 saturated carbocycles. The van der Waals surface area contributed by atoms with Crippen LogP contribution in [0.1, 0.15) is 27.2 Å². The van der Waals surface area contributed by atoms with Gasteiger partial charge < -0.3 is 19.0 Å². The van der Waals surface area contributed by atoms with Crippen LogP contribution in [0.4, 0.5) is 0 Å². The number of nitrogens with one attached hydrogen (secondary N) is 1. The SMILES string of the molecule is CON=CC(=O)NOC(=O)C1=C(C=CCO[Si](C)(C)C(C)(C)C)SCC2CC(=O)N12. The summed E-state index contributed by atoms with van der Waals surface area (Å²) in [5, 5.41) is 3.38. The summed E-state index contributed by atoms with van der Waals surface area (Å²) >= 11 is 1.47. The number of rotatable bonds is 7. The first-order chi connectivity index (χ1) is 14.0. The van der Waals surface area contributed by atoms with Gasteiger partial charge in [0.05, 0.1) is 12.6 Å². The van der Waals surface area contributed by atoms with Gasteiger partial charge in [0.2, 0.25) is 5.91 Å². The summed E-state index contributed by atoms with van der Waals surface area (Å²) in [4.78, 5) is 47.5. The molecule has 0 aliphatic carbocycles.